The number of urea groups is 1. The normalized spacial score (nSPS) is 16.8. The Morgan fingerprint density at radius 1 is 1.15 bits per heavy atom. The minimum Gasteiger partial charge on any atom is -0.497 e. The van der Waals surface area contributed by atoms with Crippen LogP contribution in [0.3, 0.4) is 0 Å². The van der Waals surface area contributed by atoms with Gasteiger partial charge in [-0.25, -0.2) is 4.79 Å². The first-order valence-electron chi connectivity index (χ1n) is 8.40. The van der Waals surface area contributed by atoms with E-state index in [0.29, 0.717) is 24.3 Å². The molecule has 0 spiro atoms. The summed E-state index contributed by atoms with van der Waals surface area (Å²) in [5.41, 5.74) is 7.64. The fourth-order valence-corrected chi connectivity index (χ4v) is 3.00. The maximum absolute atomic E-state index is 12.4. The number of nitrogens with two attached hydrogens (primary N) is 1. The zero-order chi connectivity index (χ0) is 18.5. The Balaban J connectivity index is 1.69. The van der Waals surface area contributed by atoms with Gasteiger partial charge >= 0.3 is 6.03 Å². The Morgan fingerprint density at radius 3 is 2.46 bits per heavy atom. The van der Waals surface area contributed by atoms with Crippen LogP contribution in [0.4, 0.5) is 10.5 Å². The number of anilines is 1. The van der Waals surface area contributed by atoms with Crippen molar-refractivity contribution in [1.82, 2.24) is 10.2 Å². The SMILES string of the molecule is COc1ccc(NC(=O)c2ccc(C3CNCCN3C(N)=O)cc2)cc1. The van der Waals surface area contributed by atoms with Crippen LogP contribution in [0.1, 0.15) is 22.0 Å². The lowest BCUT2D eigenvalue weighted by Crippen LogP contribution is -2.50. The molecule has 0 aliphatic carbocycles. The summed E-state index contributed by atoms with van der Waals surface area (Å²) >= 11 is 0. The van der Waals surface area contributed by atoms with Gasteiger partial charge in [-0.15, -0.1) is 0 Å². The summed E-state index contributed by atoms with van der Waals surface area (Å²) in [6.45, 7) is 1.93. The van der Waals surface area contributed by atoms with E-state index in [-0.39, 0.29) is 11.9 Å². The van der Waals surface area contributed by atoms with Crippen molar-refractivity contribution in [3.63, 3.8) is 0 Å². The first-order chi connectivity index (χ1) is 12.6. The lowest BCUT2D eigenvalue weighted by Gasteiger charge is -2.35. The van der Waals surface area contributed by atoms with Crippen LogP contribution in [0.15, 0.2) is 48.5 Å². The first kappa shape index (κ1) is 17.8. The van der Waals surface area contributed by atoms with E-state index >= 15 is 0 Å². The number of amides is 3. The highest BCUT2D eigenvalue weighted by Gasteiger charge is 2.26. The van der Waals surface area contributed by atoms with Crippen molar-refractivity contribution in [3.05, 3.63) is 59.7 Å². The van der Waals surface area contributed by atoms with Gasteiger partial charge in [-0.2, -0.15) is 0 Å². The van der Waals surface area contributed by atoms with Crippen molar-refractivity contribution in [2.45, 2.75) is 6.04 Å². The molecule has 1 heterocycles. The molecule has 0 aromatic heterocycles. The topological polar surface area (TPSA) is 96.7 Å². The van der Waals surface area contributed by atoms with Crippen LogP contribution in [-0.4, -0.2) is 43.6 Å². The number of piperazine rings is 1. The monoisotopic (exact) mass is 354 g/mol. The van der Waals surface area contributed by atoms with E-state index in [2.05, 4.69) is 10.6 Å². The smallest absolute Gasteiger partial charge is 0.315 e. The number of methoxy groups -OCH3 is 1. The number of rotatable bonds is 4. The van der Waals surface area contributed by atoms with Crippen LogP contribution in [0, 0.1) is 0 Å². The van der Waals surface area contributed by atoms with Gasteiger partial charge in [0.05, 0.1) is 13.2 Å². The summed E-state index contributed by atoms with van der Waals surface area (Å²) in [4.78, 5) is 25.6. The van der Waals surface area contributed by atoms with Gasteiger partial charge in [0.25, 0.3) is 5.91 Å². The van der Waals surface area contributed by atoms with Crippen LogP contribution in [0.25, 0.3) is 0 Å². The third-order valence-electron chi connectivity index (χ3n) is 4.43. The summed E-state index contributed by atoms with van der Waals surface area (Å²) < 4.78 is 5.10. The molecule has 136 valence electrons. The van der Waals surface area contributed by atoms with Crippen LogP contribution in [-0.2, 0) is 0 Å². The van der Waals surface area contributed by atoms with Gasteiger partial charge in [0.15, 0.2) is 0 Å². The lowest BCUT2D eigenvalue weighted by atomic mass is 10.0. The van der Waals surface area contributed by atoms with Crippen LogP contribution in [0.5, 0.6) is 5.75 Å². The molecule has 2 aromatic rings. The highest BCUT2D eigenvalue weighted by molar-refractivity contribution is 6.04. The van der Waals surface area contributed by atoms with Crippen LogP contribution < -0.4 is 21.1 Å². The molecule has 4 N–H and O–H groups in total. The molecular weight excluding hydrogens is 332 g/mol. The van der Waals surface area contributed by atoms with Crippen molar-refractivity contribution < 1.29 is 14.3 Å². The van der Waals surface area contributed by atoms with E-state index in [9.17, 15) is 9.59 Å². The Morgan fingerprint density at radius 2 is 1.85 bits per heavy atom. The minimum atomic E-state index is -0.433. The van der Waals surface area contributed by atoms with Crippen molar-refractivity contribution in [2.75, 3.05) is 32.1 Å². The summed E-state index contributed by atoms with van der Waals surface area (Å²) in [7, 11) is 1.59. The van der Waals surface area contributed by atoms with Gasteiger partial charge in [0.1, 0.15) is 5.75 Å². The van der Waals surface area contributed by atoms with E-state index in [1.54, 1.807) is 48.4 Å². The van der Waals surface area contributed by atoms with E-state index in [0.717, 1.165) is 17.9 Å². The summed E-state index contributed by atoms with van der Waals surface area (Å²) in [5.74, 6) is 0.530. The Bertz CT molecular complexity index is 774. The molecule has 7 heteroatoms. The Kier molecular flexibility index (Phi) is 5.38. The van der Waals surface area contributed by atoms with Crippen molar-refractivity contribution in [1.29, 1.82) is 0 Å². The summed E-state index contributed by atoms with van der Waals surface area (Å²) in [5, 5.41) is 6.10. The molecule has 1 aliphatic heterocycles. The number of nitrogens with zero attached hydrogens (tertiary/aromatic N) is 1. The highest BCUT2D eigenvalue weighted by Crippen LogP contribution is 2.23. The fraction of sp³-hybridized carbons (Fsp3) is 0.263. The average molecular weight is 354 g/mol. The van der Waals surface area contributed by atoms with Crippen LogP contribution >= 0.6 is 0 Å². The highest BCUT2D eigenvalue weighted by atomic mass is 16.5. The second-order valence-corrected chi connectivity index (χ2v) is 6.06. The fourth-order valence-electron chi connectivity index (χ4n) is 3.00. The van der Waals surface area contributed by atoms with Gasteiger partial charge < -0.3 is 26.0 Å². The molecule has 3 rings (SSSR count). The maximum atomic E-state index is 12.4. The zero-order valence-corrected chi connectivity index (χ0v) is 14.6. The minimum absolute atomic E-state index is 0.125. The van der Waals surface area contributed by atoms with Crippen molar-refractivity contribution >= 4 is 17.6 Å². The summed E-state index contributed by atoms with van der Waals surface area (Å²) in [6, 6.07) is 13.8. The Labute approximate surface area is 152 Å². The molecule has 0 radical (unpaired) electrons. The molecule has 1 saturated heterocycles. The molecule has 7 nitrogen and oxygen atoms in total. The van der Waals surface area contributed by atoms with Gasteiger partial charge in [-0.1, -0.05) is 12.1 Å². The second kappa shape index (κ2) is 7.88. The number of hydrogen-bond donors (Lipinski definition) is 3. The average Bonchev–Trinajstić information content (AvgIpc) is 2.68. The van der Waals surface area contributed by atoms with Crippen molar-refractivity contribution in [3.8, 4) is 5.75 Å². The molecule has 3 amide bonds. The van der Waals surface area contributed by atoms with E-state index in [4.69, 9.17) is 10.5 Å². The van der Waals surface area contributed by atoms with Gasteiger partial charge in [-0.05, 0) is 42.0 Å². The molecule has 0 bridgehead atoms. The molecule has 1 aliphatic rings. The number of nitrogens with one attached hydrogen (secondary N) is 2. The third kappa shape index (κ3) is 3.94. The molecule has 1 unspecified atom stereocenters. The van der Waals surface area contributed by atoms with Gasteiger partial charge in [0.2, 0.25) is 0 Å². The maximum Gasteiger partial charge on any atom is 0.315 e. The number of carbonyl (C=O) groups is 2. The molecule has 1 fully saturated rings. The molecule has 1 atom stereocenters. The molecule has 26 heavy (non-hydrogen) atoms. The standard InChI is InChI=1S/C19H22N4O3/c1-26-16-8-6-15(7-9-16)22-18(24)14-4-2-13(3-5-14)17-12-21-10-11-23(17)19(20)25/h2-9,17,21H,10-12H2,1H3,(H2,20,25)(H,22,24). The third-order valence-corrected chi connectivity index (χ3v) is 4.43. The molecule has 2 aromatic carbocycles. The van der Waals surface area contributed by atoms with Gasteiger partial charge in [0, 0.05) is 30.9 Å². The number of primary amides is 1. The molecular formula is C19H22N4O3. The molecule has 0 saturated carbocycles. The predicted molar refractivity (Wildman–Crippen MR) is 99.3 cm³/mol. The number of hydrogen-bond acceptors (Lipinski definition) is 4. The largest absolute Gasteiger partial charge is 0.497 e. The van der Waals surface area contributed by atoms with E-state index in [1.807, 2.05) is 12.1 Å². The van der Waals surface area contributed by atoms with Crippen molar-refractivity contribution in [2.24, 2.45) is 5.73 Å². The first-order valence-corrected chi connectivity index (χ1v) is 8.40. The Hall–Kier alpha value is -3.06. The number of ether oxygens (including phenoxy) is 1. The second-order valence-electron chi connectivity index (χ2n) is 6.06. The lowest BCUT2D eigenvalue weighted by molar-refractivity contribution is 0.102. The number of benzene rings is 2. The zero-order valence-electron chi connectivity index (χ0n) is 14.6. The quantitative estimate of drug-likeness (QED) is 0.782. The van der Waals surface area contributed by atoms with E-state index < -0.39 is 6.03 Å². The van der Waals surface area contributed by atoms with E-state index in [1.165, 1.54) is 0 Å². The predicted octanol–water partition coefficient (Wildman–Crippen LogP) is 1.97. The van der Waals surface area contributed by atoms with Crippen LogP contribution in [0.2, 0.25) is 0 Å². The number of carbonyl (C=O) groups excluding carboxylic acids is 2. The van der Waals surface area contributed by atoms with Gasteiger partial charge in [-0.3, -0.25) is 4.79 Å². The summed E-state index contributed by atoms with van der Waals surface area (Å²) in [6.07, 6.45) is 0.